The van der Waals surface area contributed by atoms with Crippen LogP contribution >= 0.6 is 0 Å². The largest absolute Gasteiger partial charge is 0.465 e. The highest BCUT2D eigenvalue weighted by Crippen LogP contribution is 2.33. The molecular formula is C31H25N5O8S. The van der Waals surface area contributed by atoms with Crippen molar-refractivity contribution in [3.63, 3.8) is 0 Å². The Morgan fingerprint density at radius 1 is 0.978 bits per heavy atom. The molecule has 0 fully saturated rings. The summed E-state index contributed by atoms with van der Waals surface area (Å²) < 4.78 is 43.3. The molecule has 0 bridgehead atoms. The van der Waals surface area contributed by atoms with E-state index in [9.17, 15) is 23.2 Å². The van der Waals surface area contributed by atoms with Crippen LogP contribution in [0.15, 0.2) is 110 Å². The highest BCUT2D eigenvalue weighted by Gasteiger charge is 2.26. The second-order valence-electron chi connectivity index (χ2n) is 9.80. The van der Waals surface area contributed by atoms with Crippen LogP contribution in [0, 0.1) is 4.91 Å². The van der Waals surface area contributed by atoms with Crippen LogP contribution in [0.5, 0.6) is 6.01 Å². The predicted octanol–water partition coefficient (Wildman–Crippen LogP) is 5.29. The normalized spacial score (nSPS) is 12.3. The number of hydrogen-bond donors (Lipinski definition) is 2. The van der Waals surface area contributed by atoms with E-state index in [-0.39, 0.29) is 28.7 Å². The van der Waals surface area contributed by atoms with Gasteiger partial charge in [0.15, 0.2) is 5.82 Å². The van der Waals surface area contributed by atoms with E-state index in [4.69, 9.17) is 8.92 Å². The zero-order chi connectivity index (χ0) is 31.6. The van der Waals surface area contributed by atoms with Crippen LogP contribution in [0.25, 0.3) is 33.5 Å². The van der Waals surface area contributed by atoms with Gasteiger partial charge in [-0.3, -0.25) is 14.1 Å². The molecule has 2 aromatic heterocycles. The zero-order valence-corrected chi connectivity index (χ0v) is 24.5. The number of aliphatic hydroxyl groups excluding tert-OH is 1. The van der Waals surface area contributed by atoms with Crippen molar-refractivity contribution in [1.82, 2.24) is 19.7 Å². The standard InChI is InChI=1S/C31H25N5O8S/c1-2-42-30-32-26-9-5-8-25(29(37)44-45(40,41)22-16-14-21(34-39)15-17-22)27(26)36(30)18-19-10-12-20(13-11-19)23-6-3-4-7-24(23)28-33-31(38)43-35-28/h3-17,29,37H,2,18H2,1H3,(H,33,35,38). The quantitative estimate of drug-likeness (QED) is 0.109. The number of nitrogens with one attached hydrogen (secondary N) is 1. The Kier molecular flexibility index (Phi) is 8.08. The maximum absolute atomic E-state index is 12.9. The van der Waals surface area contributed by atoms with Gasteiger partial charge in [0.1, 0.15) is 5.69 Å². The lowest BCUT2D eigenvalue weighted by Gasteiger charge is -2.16. The summed E-state index contributed by atoms with van der Waals surface area (Å²) in [6.07, 6.45) is -1.88. The molecule has 0 aliphatic rings. The van der Waals surface area contributed by atoms with Gasteiger partial charge in [-0.05, 0) is 59.1 Å². The predicted molar refractivity (Wildman–Crippen MR) is 163 cm³/mol. The average Bonchev–Trinajstić information content (AvgIpc) is 3.64. The molecule has 0 spiro atoms. The van der Waals surface area contributed by atoms with Crippen LogP contribution in [-0.2, 0) is 20.8 Å². The van der Waals surface area contributed by atoms with Gasteiger partial charge in [-0.25, -0.2) is 8.98 Å². The first-order valence-electron chi connectivity index (χ1n) is 13.7. The molecule has 6 rings (SSSR count). The maximum atomic E-state index is 12.9. The highest BCUT2D eigenvalue weighted by molar-refractivity contribution is 7.86. The van der Waals surface area contributed by atoms with Gasteiger partial charge in [0.25, 0.3) is 16.1 Å². The van der Waals surface area contributed by atoms with Crippen LogP contribution in [0.3, 0.4) is 0 Å². The smallest absolute Gasteiger partial charge is 0.439 e. The number of aromatic amines is 1. The van der Waals surface area contributed by atoms with E-state index in [0.29, 0.717) is 29.0 Å². The third-order valence-corrected chi connectivity index (χ3v) is 8.26. The van der Waals surface area contributed by atoms with Gasteiger partial charge in [-0.2, -0.15) is 13.4 Å². The zero-order valence-electron chi connectivity index (χ0n) is 23.7. The fourth-order valence-electron chi connectivity index (χ4n) is 4.94. The Morgan fingerprint density at radius 2 is 1.71 bits per heavy atom. The topological polar surface area (TPSA) is 179 Å². The number of aliphatic hydroxyl groups is 1. The monoisotopic (exact) mass is 627 g/mol. The van der Waals surface area contributed by atoms with Gasteiger partial charge in [0, 0.05) is 11.1 Å². The molecule has 6 aromatic rings. The molecular weight excluding hydrogens is 602 g/mol. The minimum atomic E-state index is -4.41. The Labute approximate surface area is 255 Å². The molecule has 0 aliphatic carbocycles. The summed E-state index contributed by atoms with van der Waals surface area (Å²) in [6.45, 7) is 2.40. The SMILES string of the molecule is CCOc1nc2cccc(C(O)OS(=O)(=O)c3ccc(N=O)cc3)c2n1Cc1ccc(-c2ccccc2-c2noc(=O)[nH]2)cc1. The molecule has 1 unspecified atom stereocenters. The van der Waals surface area contributed by atoms with Gasteiger partial charge < -0.3 is 9.84 Å². The fraction of sp³-hybridized carbons (Fsp3) is 0.129. The molecule has 14 heteroatoms. The summed E-state index contributed by atoms with van der Waals surface area (Å²) in [5, 5.41) is 17.6. The second kappa shape index (κ2) is 12.3. The summed E-state index contributed by atoms with van der Waals surface area (Å²) in [7, 11) is -4.41. The lowest BCUT2D eigenvalue weighted by atomic mass is 9.98. The molecule has 0 amide bonds. The minimum absolute atomic E-state index is 0.0511. The summed E-state index contributed by atoms with van der Waals surface area (Å²) in [5.41, 5.74) is 4.34. The number of aromatic nitrogens is 4. The number of ether oxygens (including phenoxy) is 1. The third kappa shape index (κ3) is 6.02. The van der Waals surface area contributed by atoms with Crippen molar-refractivity contribution in [3.8, 4) is 28.5 Å². The van der Waals surface area contributed by atoms with Crippen molar-refractivity contribution in [2.45, 2.75) is 24.7 Å². The number of nitroso groups, excluding NO2 is 1. The van der Waals surface area contributed by atoms with Gasteiger partial charge >= 0.3 is 5.76 Å². The van der Waals surface area contributed by atoms with Crippen molar-refractivity contribution < 1.29 is 27.0 Å². The maximum Gasteiger partial charge on any atom is 0.439 e. The van der Waals surface area contributed by atoms with Crippen LogP contribution in [0.1, 0.15) is 24.3 Å². The second-order valence-corrected chi connectivity index (χ2v) is 11.4. The van der Waals surface area contributed by atoms with E-state index in [2.05, 4.69) is 24.8 Å². The van der Waals surface area contributed by atoms with E-state index in [0.717, 1.165) is 16.7 Å². The van der Waals surface area contributed by atoms with Crippen molar-refractivity contribution in [2.75, 3.05) is 6.61 Å². The minimum Gasteiger partial charge on any atom is -0.465 e. The molecule has 0 saturated carbocycles. The molecule has 2 N–H and O–H groups in total. The van der Waals surface area contributed by atoms with E-state index >= 15 is 0 Å². The summed E-state index contributed by atoms with van der Waals surface area (Å²) in [5.74, 6) is -0.331. The first kappa shape index (κ1) is 29.6. The Morgan fingerprint density at radius 3 is 2.38 bits per heavy atom. The fourth-order valence-corrected chi connectivity index (χ4v) is 5.86. The highest BCUT2D eigenvalue weighted by atomic mass is 32.2. The average molecular weight is 628 g/mol. The number of H-pyrrole nitrogens is 1. The van der Waals surface area contributed by atoms with Crippen molar-refractivity contribution in [3.05, 3.63) is 118 Å². The van der Waals surface area contributed by atoms with E-state index in [1.54, 1.807) is 22.8 Å². The van der Waals surface area contributed by atoms with Crippen LogP contribution in [0.4, 0.5) is 5.69 Å². The van der Waals surface area contributed by atoms with Crippen molar-refractivity contribution in [2.24, 2.45) is 5.18 Å². The molecule has 0 saturated heterocycles. The number of benzene rings is 4. The number of nitrogens with zero attached hydrogens (tertiary/aromatic N) is 4. The van der Waals surface area contributed by atoms with Gasteiger partial charge in [-0.15, -0.1) is 4.91 Å². The number of imidazole rings is 1. The molecule has 228 valence electrons. The van der Waals surface area contributed by atoms with Gasteiger partial charge in [0.2, 0.25) is 6.29 Å². The molecule has 1 atom stereocenters. The van der Waals surface area contributed by atoms with Crippen molar-refractivity contribution in [1.29, 1.82) is 0 Å². The van der Waals surface area contributed by atoms with E-state index < -0.39 is 22.2 Å². The number of fused-ring (bicyclic) bond motifs is 1. The summed E-state index contributed by atoms with van der Waals surface area (Å²) >= 11 is 0. The van der Waals surface area contributed by atoms with E-state index in [1.807, 2.05) is 55.5 Å². The van der Waals surface area contributed by atoms with Crippen LogP contribution in [0.2, 0.25) is 0 Å². The van der Waals surface area contributed by atoms with Crippen LogP contribution in [-0.4, -0.2) is 39.8 Å². The van der Waals surface area contributed by atoms with Crippen LogP contribution < -0.4 is 10.5 Å². The molecule has 2 heterocycles. The molecule has 0 aliphatic heterocycles. The van der Waals surface area contributed by atoms with Crippen molar-refractivity contribution >= 4 is 26.8 Å². The number of hydrogen-bond acceptors (Lipinski definition) is 11. The lowest BCUT2D eigenvalue weighted by Crippen LogP contribution is -2.13. The molecule has 13 nitrogen and oxygen atoms in total. The summed E-state index contributed by atoms with van der Waals surface area (Å²) in [6, 6.07) is 25.1. The number of rotatable bonds is 11. The Bertz CT molecular complexity index is 2150. The first-order valence-corrected chi connectivity index (χ1v) is 15.1. The lowest BCUT2D eigenvalue weighted by molar-refractivity contribution is -0.0129. The Hall–Kier alpha value is -5.44. The summed E-state index contributed by atoms with van der Waals surface area (Å²) in [4.78, 5) is 29.1. The van der Waals surface area contributed by atoms with E-state index in [1.165, 1.54) is 24.3 Å². The van der Waals surface area contributed by atoms with Gasteiger partial charge in [-0.1, -0.05) is 65.8 Å². The number of para-hydroxylation sites is 1. The first-order chi connectivity index (χ1) is 21.8. The molecule has 45 heavy (non-hydrogen) atoms. The van der Waals surface area contributed by atoms with Gasteiger partial charge in [0.05, 0.1) is 29.1 Å². The molecule has 4 aromatic carbocycles. The Balaban J connectivity index is 1.33. The third-order valence-electron chi connectivity index (χ3n) is 6.98. The molecule has 0 radical (unpaired) electrons.